The van der Waals surface area contributed by atoms with Crippen molar-refractivity contribution in [2.75, 3.05) is 56.2 Å². The zero-order valence-electron chi connectivity index (χ0n) is 24.3. The summed E-state index contributed by atoms with van der Waals surface area (Å²) in [6.07, 6.45) is -3.01. The summed E-state index contributed by atoms with van der Waals surface area (Å²) in [5, 5.41) is 0. The molecule has 2 aromatic carbocycles. The fourth-order valence-corrected chi connectivity index (χ4v) is 5.87. The highest BCUT2D eigenvalue weighted by Gasteiger charge is 2.38. The minimum absolute atomic E-state index is 0.0939. The summed E-state index contributed by atoms with van der Waals surface area (Å²) in [5.41, 5.74) is 0.850. The monoisotopic (exact) mass is 584 g/mol. The third kappa shape index (κ3) is 5.87. The number of hydrogen-bond acceptors (Lipinski definition) is 5. The molecule has 2 fully saturated rings. The maximum Gasteiger partial charge on any atom is 0.416 e. The number of piperazine rings is 1. The van der Waals surface area contributed by atoms with Crippen LogP contribution in [0.1, 0.15) is 36.1 Å². The predicted molar refractivity (Wildman–Crippen MR) is 155 cm³/mol. The Morgan fingerprint density at radius 3 is 2.50 bits per heavy atom. The fourth-order valence-electron chi connectivity index (χ4n) is 5.87. The zero-order valence-corrected chi connectivity index (χ0v) is 24.3. The summed E-state index contributed by atoms with van der Waals surface area (Å²) in [4.78, 5) is 24.9. The average molecular weight is 585 g/mol. The van der Waals surface area contributed by atoms with Crippen molar-refractivity contribution in [3.63, 3.8) is 0 Å². The van der Waals surface area contributed by atoms with Crippen molar-refractivity contribution in [3.8, 4) is 11.1 Å². The minimum Gasteiger partial charge on any atom is -0.378 e. The highest BCUT2D eigenvalue weighted by atomic mass is 19.4. The van der Waals surface area contributed by atoms with E-state index in [1.54, 1.807) is 27.1 Å². The van der Waals surface area contributed by atoms with Crippen LogP contribution in [0.25, 0.3) is 11.1 Å². The van der Waals surface area contributed by atoms with Gasteiger partial charge in [0, 0.05) is 38.8 Å². The summed E-state index contributed by atoms with van der Waals surface area (Å²) in [5.74, 6) is 0.344. The number of halogens is 4. The van der Waals surface area contributed by atoms with Gasteiger partial charge in [-0.05, 0) is 61.2 Å². The van der Waals surface area contributed by atoms with Crippen molar-refractivity contribution < 1.29 is 27.1 Å². The van der Waals surface area contributed by atoms with E-state index in [0.29, 0.717) is 12.3 Å². The number of fused-ring (bicyclic) bond motifs is 1. The average Bonchev–Trinajstić information content (AvgIpc) is 2.99. The summed E-state index contributed by atoms with van der Waals surface area (Å²) < 4.78 is 60.1. The first kappa shape index (κ1) is 30.0. The lowest BCUT2D eigenvalue weighted by Crippen LogP contribution is -2.58. The van der Waals surface area contributed by atoms with Crippen LogP contribution in [0.5, 0.6) is 0 Å². The van der Waals surface area contributed by atoms with Crippen LogP contribution in [0.3, 0.4) is 0 Å². The van der Waals surface area contributed by atoms with Gasteiger partial charge in [0.2, 0.25) is 5.91 Å². The number of morpholine rings is 1. The molecule has 1 aromatic heterocycles. The van der Waals surface area contributed by atoms with Crippen molar-refractivity contribution >= 4 is 17.4 Å². The summed E-state index contributed by atoms with van der Waals surface area (Å²) in [6, 6.07) is 13.2. The molecule has 0 radical (unpaired) electrons. The standard InChI is InChI=1S/C32H36F4N4O2/c1-21-7-5-6-8-26(21)27-16-29(40-10-9-39-11-12-42-20-25(39)19-40)37-18-28(27)38(4)30(41)31(2,3)23-13-22(17-33)14-24(15-23)32(34,35)36/h5-8,13-16,18,25H,9-12,17,19-20H2,1-4H3. The zero-order chi connectivity index (χ0) is 30.2. The van der Waals surface area contributed by atoms with Crippen molar-refractivity contribution in [1.82, 2.24) is 9.88 Å². The third-order valence-corrected chi connectivity index (χ3v) is 8.46. The van der Waals surface area contributed by atoms with Crippen LogP contribution < -0.4 is 9.80 Å². The van der Waals surface area contributed by atoms with E-state index in [2.05, 4.69) is 9.80 Å². The molecule has 224 valence electrons. The molecule has 42 heavy (non-hydrogen) atoms. The SMILES string of the molecule is Cc1ccccc1-c1cc(N2CCN3CCOCC3C2)ncc1N(C)C(=O)C(C)(C)c1cc(CF)cc(C(F)(F)F)c1. The first-order chi connectivity index (χ1) is 19.9. The van der Waals surface area contributed by atoms with Gasteiger partial charge in [-0.3, -0.25) is 9.69 Å². The number of hydrogen-bond donors (Lipinski definition) is 0. The normalized spacial score (nSPS) is 18.1. The predicted octanol–water partition coefficient (Wildman–Crippen LogP) is 6.01. The van der Waals surface area contributed by atoms with E-state index in [9.17, 15) is 22.4 Å². The summed E-state index contributed by atoms with van der Waals surface area (Å²) in [7, 11) is 1.60. The Bertz CT molecular complexity index is 1460. The van der Waals surface area contributed by atoms with Gasteiger partial charge in [-0.15, -0.1) is 0 Å². The number of carbonyl (C=O) groups is 1. The number of benzene rings is 2. The Hall–Kier alpha value is -3.50. The number of nitrogens with zero attached hydrogens (tertiary/aromatic N) is 4. The van der Waals surface area contributed by atoms with Crippen LogP contribution in [-0.2, 0) is 27.8 Å². The summed E-state index contributed by atoms with van der Waals surface area (Å²) in [6.45, 7) is 8.86. The van der Waals surface area contributed by atoms with Crippen LogP contribution in [0.2, 0.25) is 0 Å². The molecule has 0 bridgehead atoms. The number of likely N-dealkylation sites (N-methyl/N-ethyl adjacent to an activating group) is 1. The molecule has 1 atom stereocenters. The van der Waals surface area contributed by atoms with Crippen molar-refractivity contribution in [2.45, 2.75) is 45.1 Å². The molecule has 2 aliphatic rings. The molecule has 0 spiro atoms. The van der Waals surface area contributed by atoms with E-state index in [1.807, 2.05) is 37.3 Å². The topological polar surface area (TPSA) is 48.9 Å². The van der Waals surface area contributed by atoms with Crippen molar-refractivity contribution in [1.29, 1.82) is 0 Å². The Balaban J connectivity index is 1.52. The summed E-state index contributed by atoms with van der Waals surface area (Å²) >= 11 is 0. The van der Waals surface area contributed by atoms with Crippen LogP contribution in [0, 0.1) is 6.92 Å². The second-order valence-corrected chi connectivity index (χ2v) is 11.6. The molecule has 0 aliphatic carbocycles. The van der Waals surface area contributed by atoms with E-state index >= 15 is 0 Å². The van der Waals surface area contributed by atoms with Gasteiger partial charge in [0.15, 0.2) is 0 Å². The third-order valence-electron chi connectivity index (χ3n) is 8.46. The number of aromatic nitrogens is 1. The lowest BCUT2D eigenvalue weighted by Gasteiger charge is -2.44. The molecule has 5 rings (SSSR count). The molecular formula is C32H36F4N4O2. The molecule has 1 unspecified atom stereocenters. The fraction of sp³-hybridized carbons (Fsp3) is 0.438. The Morgan fingerprint density at radius 1 is 1.05 bits per heavy atom. The van der Waals surface area contributed by atoms with Crippen LogP contribution >= 0.6 is 0 Å². The second-order valence-electron chi connectivity index (χ2n) is 11.6. The molecule has 1 amide bonds. The largest absolute Gasteiger partial charge is 0.416 e. The number of carbonyl (C=O) groups excluding carboxylic acids is 1. The second kappa shape index (κ2) is 11.6. The van der Waals surface area contributed by atoms with Gasteiger partial charge < -0.3 is 14.5 Å². The quantitative estimate of drug-likeness (QED) is 0.333. The van der Waals surface area contributed by atoms with E-state index in [-0.39, 0.29) is 17.2 Å². The van der Waals surface area contributed by atoms with Gasteiger partial charge in [-0.25, -0.2) is 9.37 Å². The van der Waals surface area contributed by atoms with Gasteiger partial charge in [0.25, 0.3) is 0 Å². The number of ether oxygens (including phenoxy) is 1. The van der Waals surface area contributed by atoms with E-state index < -0.39 is 29.7 Å². The molecule has 0 N–H and O–H groups in total. The molecule has 2 saturated heterocycles. The lowest BCUT2D eigenvalue weighted by atomic mass is 9.81. The molecule has 3 heterocycles. The van der Waals surface area contributed by atoms with Crippen LogP contribution in [0.15, 0.2) is 54.7 Å². The molecule has 2 aliphatic heterocycles. The Morgan fingerprint density at radius 2 is 1.79 bits per heavy atom. The highest BCUT2D eigenvalue weighted by Crippen LogP contribution is 2.39. The maximum atomic E-state index is 14.0. The van der Waals surface area contributed by atoms with E-state index in [0.717, 1.165) is 67.4 Å². The van der Waals surface area contributed by atoms with Gasteiger partial charge in [-0.1, -0.05) is 30.3 Å². The van der Waals surface area contributed by atoms with Crippen molar-refractivity contribution in [2.24, 2.45) is 0 Å². The van der Waals surface area contributed by atoms with Crippen LogP contribution in [0.4, 0.5) is 29.1 Å². The number of amides is 1. The Labute approximate surface area is 243 Å². The smallest absolute Gasteiger partial charge is 0.378 e. The number of alkyl halides is 4. The molecular weight excluding hydrogens is 548 g/mol. The number of aryl methyl sites for hydroxylation is 1. The molecule has 6 nitrogen and oxygen atoms in total. The maximum absolute atomic E-state index is 14.0. The van der Waals surface area contributed by atoms with E-state index in [4.69, 9.17) is 9.72 Å². The van der Waals surface area contributed by atoms with Gasteiger partial charge in [0.05, 0.1) is 42.1 Å². The number of rotatable bonds is 6. The van der Waals surface area contributed by atoms with Crippen LogP contribution in [-0.4, -0.2) is 68.3 Å². The van der Waals surface area contributed by atoms with Gasteiger partial charge in [-0.2, -0.15) is 13.2 Å². The number of pyridine rings is 1. The van der Waals surface area contributed by atoms with Gasteiger partial charge >= 0.3 is 6.18 Å². The molecule has 3 aromatic rings. The number of anilines is 2. The van der Waals surface area contributed by atoms with Crippen molar-refractivity contribution in [3.05, 3.63) is 77.0 Å². The van der Waals surface area contributed by atoms with Gasteiger partial charge in [0.1, 0.15) is 12.5 Å². The minimum atomic E-state index is -4.67. The lowest BCUT2D eigenvalue weighted by molar-refractivity contribution is -0.137. The molecule has 0 saturated carbocycles. The first-order valence-electron chi connectivity index (χ1n) is 14.1. The molecule has 10 heteroatoms. The Kier molecular flexibility index (Phi) is 8.31. The first-order valence-corrected chi connectivity index (χ1v) is 14.1. The highest BCUT2D eigenvalue weighted by molar-refractivity contribution is 6.03. The van der Waals surface area contributed by atoms with E-state index in [1.165, 1.54) is 11.0 Å².